The topological polar surface area (TPSA) is 47.5 Å². The summed E-state index contributed by atoms with van der Waals surface area (Å²) in [6.45, 7) is 0. The lowest BCUT2D eigenvalue weighted by molar-refractivity contribution is 0.355. The molecule has 0 spiro atoms. The number of anilines is 1. The summed E-state index contributed by atoms with van der Waals surface area (Å²) in [6, 6.07) is 12.1. The Balaban J connectivity index is 2.15. The monoisotopic (exact) mass is 309 g/mol. The fourth-order valence-electron chi connectivity index (χ4n) is 2.59. The number of fused-ring (bicyclic) bond motifs is 1. The summed E-state index contributed by atoms with van der Waals surface area (Å²) in [4.78, 5) is 10.7. The van der Waals surface area contributed by atoms with E-state index in [0.717, 1.165) is 27.8 Å². The van der Waals surface area contributed by atoms with Gasteiger partial charge in [0.2, 0.25) is 0 Å². The lowest BCUT2D eigenvalue weighted by Gasteiger charge is -2.14. The molecule has 1 heterocycles. The third-order valence-electron chi connectivity index (χ3n) is 3.75. The minimum Gasteiger partial charge on any atom is -0.493 e. The van der Waals surface area contributed by atoms with Crippen molar-refractivity contribution < 1.29 is 9.47 Å². The van der Waals surface area contributed by atoms with Gasteiger partial charge < -0.3 is 14.4 Å². The van der Waals surface area contributed by atoms with Gasteiger partial charge in [-0.05, 0) is 35.4 Å². The summed E-state index contributed by atoms with van der Waals surface area (Å²) in [6.07, 6.45) is 1.59. The average molecular weight is 309 g/mol. The van der Waals surface area contributed by atoms with Gasteiger partial charge in [-0.15, -0.1) is 0 Å². The molecule has 0 saturated carbocycles. The summed E-state index contributed by atoms with van der Waals surface area (Å²) in [5.74, 6) is 2.33. The number of aromatic nitrogens is 2. The second kappa shape index (κ2) is 6.12. The van der Waals surface area contributed by atoms with Crippen molar-refractivity contribution in [2.24, 2.45) is 0 Å². The Morgan fingerprint density at radius 1 is 0.826 bits per heavy atom. The largest absolute Gasteiger partial charge is 0.493 e. The Kier molecular flexibility index (Phi) is 4.02. The molecule has 0 amide bonds. The van der Waals surface area contributed by atoms with Gasteiger partial charge in [-0.3, -0.25) is 0 Å². The van der Waals surface area contributed by atoms with Crippen molar-refractivity contribution in [2.45, 2.75) is 0 Å². The van der Waals surface area contributed by atoms with Crippen LogP contribution in [0.25, 0.3) is 22.0 Å². The molecule has 2 aromatic carbocycles. The second-order valence-electron chi connectivity index (χ2n) is 5.39. The molecule has 118 valence electrons. The molecule has 0 saturated heterocycles. The molecule has 0 aliphatic carbocycles. The summed E-state index contributed by atoms with van der Waals surface area (Å²) < 4.78 is 10.7. The maximum atomic E-state index is 5.39. The van der Waals surface area contributed by atoms with Crippen LogP contribution in [-0.2, 0) is 0 Å². The second-order valence-corrected chi connectivity index (χ2v) is 5.39. The average Bonchev–Trinajstić information content (AvgIpc) is 2.59. The zero-order valence-corrected chi connectivity index (χ0v) is 13.7. The Morgan fingerprint density at radius 3 is 2.22 bits per heavy atom. The highest BCUT2D eigenvalue weighted by Gasteiger charge is 2.10. The molecule has 0 unspecified atom stereocenters. The van der Waals surface area contributed by atoms with Crippen molar-refractivity contribution >= 4 is 16.7 Å². The molecule has 5 heteroatoms. The lowest BCUT2D eigenvalue weighted by atomic mass is 10.0. The molecule has 5 nitrogen and oxygen atoms in total. The summed E-state index contributed by atoms with van der Waals surface area (Å²) in [7, 11) is 7.23. The molecule has 3 rings (SSSR count). The van der Waals surface area contributed by atoms with E-state index < -0.39 is 0 Å². The van der Waals surface area contributed by atoms with Crippen molar-refractivity contribution in [2.75, 3.05) is 33.2 Å². The highest BCUT2D eigenvalue weighted by Crippen LogP contribution is 2.34. The van der Waals surface area contributed by atoms with Gasteiger partial charge in [0, 0.05) is 19.5 Å². The van der Waals surface area contributed by atoms with E-state index in [1.807, 2.05) is 43.3 Å². The van der Waals surface area contributed by atoms with E-state index in [2.05, 4.69) is 22.1 Å². The van der Waals surface area contributed by atoms with Crippen LogP contribution in [0.4, 0.5) is 5.82 Å². The SMILES string of the molecule is COc1ccc(-c2ccc3ncnc(N(C)C)c3c2)cc1OC. The van der Waals surface area contributed by atoms with Crippen LogP contribution in [0.1, 0.15) is 0 Å². The van der Waals surface area contributed by atoms with E-state index in [-0.39, 0.29) is 0 Å². The van der Waals surface area contributed by atoms with Crippen LogP contribution in [0.5, 0.6) is 11.5 Å². The predicted octanol–water partition coefficient (Wildman–Crippen LogP) is 3.38. The standard InChI is InChI=1S/C18H19N3O2/c1-21(2)18-14-9-12(5-7-15(14)19-11-20-18)13-6-8-16(22-3)17(10-13)23-4/h5-11H,1-4H3. The molecule has 0 aliphatic heterocycles. The quantitative estimate of drug-likeness (QED) is 0.739. The van der Waals surface area contributed by atoms with Crippen LogP contribution in [0.2, 0.25) is 0 Å². The van der Waals surface area contributed by atoms with Crippen molar-refractivity contribution in [3.05, 3.63) is 42.7 Å². The summed E-state index contributed by atoms with van der Waals surface area (Å²) in [5, 5.41) is 1.02. The van der Waals surface area contributed by atoms with Gasteiger partial charge in [0.25, 0.3) is 0 Å². The van der Waals surface area contributed by atoms with Gasteiger partial charge in [-0.1, -0.05) is 12.1 Å². The maximum Gasteiger partial charge on any atom is 0.161 e. The van der Waals surface area contributed by atoms with E-state index in [0.29, 0.717) is 11.5 Å². The normalized spacial score (nSPS) is 10.6. The maximum absolute atomic E-state index is 5.39. The van der Waals surface area contributed by atoms with Crippen molar-refractivity contribution in [3.8, 4) is 22.6 Å². The third kappa shape index (κ3) is 2.77. The number of hydrogen-bond acceptors (Lipinski definition) is 5. The summed E-state index contributed by atoms with van der Waals surface area (Å²) in [5.41, 5.74) is 3.06. The molecule has 0 fully saturated rings. The molecular weight excluding hydrogens is 290 g/mol. The van der Waals surface area contributed by atoms with Crippen LogP contribution < -0.4 is 14.4 Å². The fourth-order valence-corrected chi connectivity index (χ4v) is 2.59. The number of benzene rings is 2. The smallest absolute Gasteiger partial charge is 0.161 e. The zero-order chi connectivity index (χ0) is 16.4. The van der Waals surface area contributed by atoms with Gasteiger partial charge in [0.05, 0.1) is 19.7 Å². The predicted molar refractivity (Wildman–Crippen MR) is 92.4 cm³/mol. The van der Waals surface area contributed by atoms with Crippen molar-refractivity contribution in [1.29, 1.82) is 0 Å². The highest BCUT2D eigenvalue weighted by atomic mass is 16.5. The molecule has 23 heavy (non-hydrogen) atoms. The molecular formula is C18H19N3O2. The van der Waals surface area contributed by atoms with E-state index >= 15 is 0 Å². The first kappa shape index (κ1) is 15.1. The minimum absolute atomic E-state index is 0.710. The Morgan fingerprint density at radius 2 is 1.52 bits per heavy atom. The number of rotatable bonds is 4. The molecule has 0 radical (unpaired) electrons. The van der Waals surface area contributed by atoms with Gasteiger partial charge in [-0.2, -0.15) is 0 Å². The minimum atomic E-state index is 0.710. The number of nitrogens with zero attached hydrogens (tertiary/aromatic N) is 3. The van der Waals surface area contributed by atoms with E-state index in [9.17, 15) is 0 Å². The number of hydrogen-bond donors (Lipinski definition) is 0. The first-order valence-corrected chi connectivity index (χ1v) is 7.28. The third-order valence-corrected chi connectivity index (χ3v) is 3.75. The molecule has 1 aromatic heterocycles. The zero-order valence-electron chi connectivity index (χ0n) is 13.7. The van der Waals surface area contributed by atoms with Gasteiger partial charge >= 0.3 is 0 Å². The summed E-state index contributed by atoms with van der Waals surface area (Å²) >= 11 is 0. The molecule has 0 atom stereocenters. The fraction of sp³-hybridized carbons (Fsp3) is 0.222. The first-order valence-electron chi connectivity index (χ1n) is 7.28. The van der Waals surface area contributed by atoms with Crippen LogP contribution in [0.15, 0.2) is 42.7 Å². The van der Waals surface area contributed by atoms with Crippen molar-refractivity contribution in [3.63, 3.8) is 0 Å². The molecule has 0 bridgehead atoms. The highest BCUT2D eigenvalue weighted by molar-refractivity contribution is 5.92. The van der Waals surface area contributed by atoms with Gasteiger partial charge in [0.1, 0.15) is 12.1 Å². The Labute approximate surface area is 135 Å². The van der Waals surface area contributed by atoms with Crippen LogP contribution in [0.3, 0.4) is 0 Å². The molecule has 0 N–H and O–H groups in total. The van der Waals surface area contributed by atoms with E-state index in [1.165, 1.54) is 0 Å². The number of methoxy groups -OCH3 is 2. The van der Waals surface area contributed by atoms with Gasteiger partial charge in [-0.25, -0.2) is 9.97 Å². The van der Waals surface area contributed by atoms with Crippen LogP contribution in [0, 0.1) is 0 Å². The lowest BCUT2D eigenvalue weighted by Crippen LogP contribution is -2.11. The molecule has 0 aliphatic rings. The van der Waals surface area contributed by atoms with E-state index in [4.69, 9.17) is 9.47 Å². The Bertz CT molecular complexity index is 847. The number of ether oxygens (including phenoxy) is 2. The first-order chi connectivity index (χ1) is 11.1. The van der Waals surface area contributed by atoms with Crippen molar-refractivity contribution in [1.82, 2.24) is 9.97 Å². The van der Waals surface area contributed by atoms with E-state index in [1.54, 1.807) is 20.5 Å². The van der Waals surface area contributed by atoms with Gasteiger partial charge in [0.15, 0.2) is 11.5 Å². The van der Waals surface area contributed by atoms with Crippen LogP contribution >= 0.6 is 0 Å². The van der Waals surface area contributed by atoms with Crippen LogP contribution in [-0.4, -0.2) is 38.3 Å². The molecule has 3 aromatic rings. The Hall–Kier alpha value is -2.82.